The summed E-state index contributed by atoms with van der Waals surface area (Å²) < 4.78 is 5.23. The van der Waals surface area contributed by atoms with Crippen LogP contribution in [-0.4, -0.2) is 12.1 Å². The van der Waals surface area contributed by atoms with E-state index in [-0.39, 0.29) is 0 Å². The van der Waals surface area contributed by atoms with Gasteiger partial charge in [-0.1, -0.05) is 6.07 Å². The summed E-state index contributed by atoms with van der Waals surface area (Å²) >= 11 is 1.74. The van der Waals surface area contributed by atoms with Gasteiger partial charge in [0.05, 0.1) is 19.3 Å². The van der Waals surface area contributed by atoms with Crippen molar-refractivity contribution in [2.24, 2.45) is 0 Å². The van der Waals surface area contributed by atoms with Crippen molar-refractivity contribution >= 4 is 17.0 Å². The Morgan fingerprint density at radius 2 is 2.06 bits per heavy atom. The van der Waals surface area contributed by atoms with Crippen LogP contribution in [0.5, 0.6) is 5.75 Å². The smallest absolute Gasteiger partial charge is 0.120 e. The molecule has 2 aromatic rings. The molecule has 3 nitrogen and oxygen atoms in total. The van der Waals surface area contributed by atoms with Crippen molar-refractivity contribution in [3.63, 3.8) is 0 Å². The Bertz CT molecular complexity index is 529. The van der Waals surface area contributed by atoms with E-state index in [9.17, 15) is 0 Å². The zero-order valence-electron chi connectivity index (χ0n) is 11.2. The first-order valence-corrected chi connectivity index (χ1v) is 6.73. The average Bonchev–Trinajstić information content (AvgIpc) is 2.68. The molecule has 18 heavy (non-hydrogen) atoms. The molecule has 0 bridgehead atoms. The van der Waals surface area contributed by atoms with Crippen LogP contribution in [0.3, 0.4) is 0 Å². The van der Waals surface area contributed by atoms with Gasteiger partial charge < -0.3 is 10.1 Å². The Labute approximate surface area is 112 Å². The first kappa shape index (κ1) is 12.9. The van der Waals surface area contributed by atoms with Gasteiger partial charge in [-0.25, -0.2) is 4.98 Å². The van der Waals surface area contributed by atoms with Gasteiger partial charge in [0.15, 0.2) is 0 Å². The molecule has 0 aliphatic heterocycles. The molecule has 0 saturated heterocycles. The molecule has 0 fully saturated rings. The summed E-state index contributed by atoms with van der Waals surface area (Å²) in [7, 11) is 1.68. The fraction of sp³-hybridized carbons (Fsp3) is 0.357. The van der Waals surface area contributed by atoms with E-state index in [0.717, 1.165) is 28.7 Å². The molecule has 0 spiro atoms. The number of methoxy groups -OCH3 is 1. The fourth-order valence-electron chi connectivity index (χ4n) is 1.70. The molecule has 4 heteroatoms. The maximum absolute atomic E-state index is 5.23. The largest absolute Gasteiger partial charge is 0.497 e. The molecule has 0 saturated carbocycles. The van der Waals surface area contributed by atoms with Gasteiger partial charge in [-0.15, -0.1) is 11.3 Å². The zero-order valence-corrected chi connectivity index (χ0v) is 12.0. The number of aryl methyl sites for hydroxylation is 3. The highest BCUT2D eigenvalue weighted by atomic mass is 32.1. The highest BCUT2D eigenvalue weighted by Crippen LogP contribution is 2.23. The lowest BCUT2D eigenvalue weighted by molar-refractivity contribution is 0.415. The number of rotatable bonds is 4. The third kappa shape index (κ3) is 2.82. The standard InChI is InChI=1S/C14H18N2OS/c1-9-5-6-12(17-4)7-13(9)15-8-14-16-10(2)11(3)18-14/h5-7,15H,8H2,1-4H3. The van der Waals surface area contributed by atoms with Gasteiger partial charge in [0.1, 0.15) is 10.8 Å². The number of anilines is 1. The SMILES string of the molecule is COc1ccc(C)c(NCc2nc(C)c(C)s2)c1. The minimum absolute atomic E-state index is 0.757. The van der Waals surface area contributed by atoms with Crippen LogP contribution in [0.25, 0.3) is 0 Å². The number of aromatic nitrogens is 1. The first-order chi connectivity index (χ1) is 8.60. The molecule has 2 rings (SSSR count). The Morgan fingerprint density at radius 1 is 1.28 bits per heavy atom. The van der Waals surface area contributed by atoms with Gasteiger partial charge in [-0.3, -0.25) is 0 Å². The summed E-state index contributed by atoms with van der Waals surface area (Å²) in [6, 6.07) is 6.04. The van der Waals surface area contributed by atoms with E-state index in [4.69, 9.17) is 4.74 Å². The maximum Gasteiger partial charge on any atom is 0.120 e. The lowest BCUT2D eigenvalue weighted by Crippen LogP contribution is -2.01. The Balaban J connectivity index is 2.10. The van der Waals surface area contributed by atoms with E-state index in [1.165, 1.54) is 10.4 Å². The third-order valence-electron chi connectivity index (χ3n) is 2.95. The van der Waals surface area contributed by atoms with Crippen molar-refractivity contribution in [2.75, 3.05) is 12.4 Å². The molecule has 0 radical (unpaired) electrons. The molecule has 0 amide bonds. The Hall–Kier alpha value is -1.55. The molecule has 0 aliphatic rings. The molecule has 0 aliphatic carbocycles. The van der Waals surface area contributed by atoms with Crippen molar-refractivity contribution in [3.8, 4) is 5.75 Å². The van der Waals surface area contributed by atoms with E-state index in [2.05, 4.69) is 30.2 Å². The lowest BCUT2D eigenvalue weighted by Gasteiger charge is -2.09. The van der Waals surface area contributed by atoms with Crippen LogP contribution < -0.4 is 10.1 Å². The van der Waals surface area contributed by atoms with Crippen molar-refractivity contribution in [1.29, 1.82) is 0 Å². The van der Waals surface area contributed by atoms with Gasteiger partial charge in [-0.05, 0) is 32.4 Å². The van der Waals surface area contributed by atoms with Crippen molar-refractivity contribution in [1.82, 2.24) is 4.98 Å². The highest BCUT2D eigenvalue weighted by molar-refractivity contribution is 7.11. The number of nitrogens with zero attached hydrogens (tertiary/aromatic N) is 1. The van der Waals surface area contributed by atoms with Gasteiger partial charge in [0.25, 0.3) is 0 Å². The molecule has 1 heterocycles. The predicted molar refractivity (Wildman–Crippen MR) is 76.6 cm³/mol. The summed E-state index contributed by atoms with van der Waals surface area (Å²) in [5.74, 6) is 0.870. The summed E-state index contributed by atoms with van der Waals surface area (Å²) in [6.45, 7) is 6.99. The fourth-order valence-corrected chi connectivity index (χ4v) is 2.58. The average molecular weight is 262 g/mol. The topological polar surface area (TPSA) is 34.1 Å². The summed E-state index contributed by atoms with van der Waals surface area (Å²) in [6.07, 6.45) is 0. The molecule has 1 aromatic heterocycles. The van der Waals surface area contributed by atoms with Crippen molar-refractivity contribution < 1.29 is 4.74 Å². The Morgan fingerprint density at radius 3 is 2.67 bits per heavy atom. The minimum Gasteiger partial charge on any atom is -0.497 e. The quantitative estimate of drug-likeness (QED) is 0.912. The van der Waals surface area contributed by atoms with E-state index in [1.54, 1.807) is 18.4 Å². The van der Waals surface area contributed by atoms with Crippen molar-refractivity contribution in [3.05, 3.63) is 39.3 Å². The number of hydrogen-bond donors (Lipinski definition) is 1. The van der Waals surface area contributed by atoms with Crippen LogP contribution in [0.1, 0.15) is 21.1 Å². The molecule has 0 atom stereocenters. The monoisotopic (exact) mass is 262 g/mol. The van der Waals surface area contributed by atoms with Crippen LogP contribution in [0.2, 0.25) is 0 Å². The second-order valence-electron chi connectivity index (χ2n) is 4.28. The number of thiazole rings is 1. The van der Waals surface area contributed by atoms with Crippen molar-refractivity contribution in [2.45, 2.75) is 27.3 Å². The lowest BCUT2D eigenvalue weighted by atomic mass is 10.2. The molecular formula is C14H18N2OS. The predicted octanol–water partition coefficient (Wildman–Crippen LogP) is 3.69. The number of benzene rings is 1. The summed E-state index contributed by atoms with van der Waals surface area (Å²) in [4.78, 5) is 5.81. The molecule has 1 aromatic carbocycles. The number of hydrogen-bond acceptors (Lipinski definition) is 4. The van der Waals surface area contributed by atoms with Gasteiger partial charge >= 0.3 is 0 Å². The second-order valence-corrected chi connectivity index (χ2v) is 5.57. The molecule has 1 N–H and O–H groups in total. The molecular weight excluding hydrogens is 244 g/mol. The van der Waals surface area contributed by atoms with E-state index in [0.29, 0.717) is 0 Å². The first-order valence-electron chi connectivity index (χ1n) is 5.91. The molecule has 0 unspecified atom stereocenters. The highest BCUT2D eigenvalue weighted by Gasteiger charge is 2.05. The summed E-state index contributed by atoms with van der Waals surface area (Å²) in [5.41, 5.74) is 3.43. The van der Waals surface area contributed by atoms with E-state index < -0.39 is 0 Å². The van der Waals surface area contributed by atoms with Gasteiger partial charge in [0.2, 0.25) is 0 Å². The van der Waals surface area contributed by atoms with Crippen LogP contribution >= 0.6 is 11.3 Å². The second kappa shape index (κ2) is 5.40. The van der Waals surface area contributed by atoms with Crippen LogP contribution in [0, 0.1) is 20.8 Å². The van der Waals surface area contributed by atoms with E-state index >= 15 is 0 Å². The number of ether oxygens (including phenoxy) is 1. The van der Waals surface area contributed by atoms with Crippen LogP contribution in [0.4, 0.5) is 5.69 Å². The van der Waals surface area contributed by atoms with Gasteiger partial charge in [-0.2, -0.15) is 0 Å². The van der Waals surface area contributed by atoms with Crippen LogP contribution in [-0.2, 0) is 6.54 Å². The summed E-state index contributed by atoms with van der Waals surface area (Å²) in [5, 5.41) is 4.53. The molecule has 96 valence electrons. The Kier molecular flexibility index (Phi) is 3.87. The normalized spacial score (nSPS) is 10.4. The number of nitrogens with one attached hydrogen (secondary N) is 1. The van der Waals surface area contributed by atoms with E-state index in [1.807, 2.05) is 19.1 Å². The van der Waals surface area contributed by atoms with Crippen LogP contribution in [0.15, 0.2) is 18.2 Å². The zero-order chi connectivity index (χ0) is 13.1. The van der Waals surface area contributed by atoms with Gasteiger partial charge in [0, 0.05) is 16.6 Å². The third-order valence-corrected chi connectivity index (χ3v) is 4.02. The maximum atomic E-state index is 5.23. The minimum atomic E-state index is 0.757.